The topological polar surface area (TPSA) is 43.3 Å². The van der Waals surface area contributed by atoms with Crippen LogP contribution in [0, 0.1) is 0 Å². The highest BCUT2D eigenvalue weighted by atomic mass is 32.1. The summed E-state index contributed by atoms with van der Waals surface area (Å²) in [5.41, 5.74) is 8.37. The number of rotatable bonds is 2. The molecule has 86 valence electrons. The SMILES string of the molecule is CCc1sc2ncc(N)n2c1-c1ccccc1. The normalized spacial score (nSPS) is 11.1. The molecule has 3 nitrogen and oxygen atoms in total. The van der Waals surface area contributed by atoms with Gasteiger partial charge in [-0.1, -0.05) is 37.3 Å². The molecule has 17 heavy (non-hydrogen) atoms. The Labute approximate surface area is 104 Å². The van der Waals surface area contributed by atoms with E-state index in [2.05, 4.69) is 24.0 Å². The van der Waals surface area contributed by atoms with E-state index in [4.69, 9.17) is 5.73 Å². The molecule has 0 unspecified atom stereocenters. The summed E-state index contributed by atoms with van der Waals surface area (Å²) < 4.78 is 2.04. The first kappa shape index (κ1) is 10.4. The van der Waals surface area contributed by atoms with Crippen LogP contribution >= 0.6 is 11.3 Å². The minimum Gasteiger partial charge on any atom is -0.383 e. The number of nitrogens with two attached hydrogens (primary N) is 1. The molecular formula is C13H13N3S. The maximum absolute atomic E-state index is 5.99. The number of benzene rings is 1. The number of anilines is 1. The summed E-state index contributed by atoms with van der Waals surface area (Å²) in [6.45, 7) is 2.16. The third kappa shape index (κ3) is 1.52. The van der Waals surface area contributed by atoms with Gasteiger partial charge >= 0.3 is 0 Å². The third-order valence-corrected chi connectivity index (χ3v) is 4.03. The molecule has 0 aliphatic rings. The van der Waals surface area contributed by atoms with Gasteiger partial charge in [0, 0.05) is 4.88 Å². The number of thiazole rings is 1. The van der Waals surface area contributed by atoms with Crippen LogP contribution < -0.4 is 5.73 Å². The molecule has 1 aromatic carbocycles. The maximum atomic E-state index is 5.99. The van der Waals surface area contributed by atoms with Gasteiger partial charge < -0.3 is 5.73 Å². The van der Waals surface area contributed by atoms with Crippen LogP contribution in [0.4, 0.5) is 5.82 Å². The van der Waals surface area contributed by atoms with Crippen molar-refractivity contribution in [3.8, 4) is 11.3 Å². The Morgan fingerprint density at radius 2 is 2.06 bits per heavy atom. The van der Waals surface area contributed by atoms with Crippen molar-refractivity contribution in [1.29, 1.82) is 0 Å². The molecule has 3 aromatic rings. The van der Waals surface area contributed by atoms with Gasteiger partial charge in [-0.15, -0.1) is 11.3 Å². The highest BCUT2D eigenvalue weighted by Crippen LogP contribution is 2.33. The first-order valence-electron chi connectivity index (χ1n) is 5.61. The van der Waals surface area contributed by atoms with Crippen LogP contribution in [0.15, 0.2) is 36.5 Å². The van der Waals surface area contributed by atoms with E-state index in [1.165, 1.54) is 16.1 Å². The lowest BCUT2D eigenvalue weighted by Crippen LogP contribution is -1.94. The van der Waals surface area contributed by atoms with Crippen molar-refractivity contribution in [3.05, 3.63) is 41.4 Å². The Morgan fingerprint density at radius 1 is 1.29 bits per heavy atom. The molecule has 0 saturated carbocycles. The summed E-state index contributed by atoms with van der Waals surface area (Å²) in [5.74, 6) is 0.704. The smallest absolute Gasteiger partial charge is 0.196 e. The Hall–Kier alpha value is -1.81. The first-order valence-corrected chi connectivity index (χ1v) is 6.43. The molecule has 0 fully saturated rings. The lowest BCUT2D eigenvalue weighted by molar-refractivity contribution is 1.14. The van der Waals surface area contributed by atoms with Crippen LogP contribution in [0.5, 0.6) is 0 Å². The molecule has 0 spiro atoms. The fourth-order valence-electron chi connectivity index (χ4n) is 2.05. The molecular weight excluding hydrogens is 230 g/mol. The average Bonchev–Trinajstić information content (AvgIpc) is 2.90. The lowest BCUT2D eigenvalue weighted by atomic mass is 10.1. The fourth-order valence-corrected chi connectivity index (χ4v) is 3.12. The highest BCUT2D eigenvalue weighted by molar-refractivity contribution is 7.17. The summed E-state index contributed by atoms with van der Waals surface area (Å²) in [6, 6.07) is 10.3. The van der Waals surface area contributed by atoms with Crippen molar-refractivity contribution in [1.82, 2.24) is 9.38 Å². The van der Waals surface area contributed by atoms with Crippen molar-refractivity contribution in [3.63, 3.8) is 0 Å². The summed E-state index contributed by atoms with van der Waals surface area (Å²) >= 11 is 1.71. The second kappa shape index (κ2) is 3.89. The summed E-state index contributed by atoms with van der Waals surface area (Å²) in [6.07, 6.45) is 2.72. The molecule has 0 amide bonds. The number of fused-ring (bicyclic) bond motifs is 1. The van der Waals surface area contributed by atoms with E-state index < -0.39 is 0 Å². The highest BCUT2D eigenvalue weighted by Gasteiger charge is 2.15. The van der Waals surface area contributed by atoms with Crippen LogP contribution in [-0.4, -0.2) is 9.38 Å². The van der Waals surface area contributed by atoms with Crippen LogP contribution in [0.25, 0.3) is 16.2 Å². The molecule has 0 atom stereocenters. The number of nitrogens with zero attached hydrogens (tertiary/aromatic N) is 2. The van der Waals surface area contributed by atoms with Gasteiger partial charge in [0.2, 0.25) is 0 Å². The number of imidazole rings is 1. The molecule has 4 heteroatoms. The monoisotopic (exact) mass is 243 g/mol. The molecule has 0 radical (unpaired) electrons. The number of hydrogen-bond acceptors (Lipinski definition) is 3. The summed E-state index contributed by atoms with van der Waals surface area (Å²) in [4.78, 5) is 6.63. The molecule has 0 bridgehead atoms. The van der Waals surface area contributed by atoms with Gasteiger partial charge in [-0.2, -0.15) is 0 Å². The van der Waals surface area contributed by atoms with Gasteiger partial charge in [0.15, 0.2) is 4.96 Å². The largest absolute Gasteiger partial charge is 0.383 e. The van der Waals surface area contributed by atoms with Crippen molar-refractivity contribution in [2.75, 3.05) is 5.73 Å². The second-order valence-electron chi connectivity index (χ2n) is 3.89. The predicted octanol–water partition coefficient (Wildman–Crippen LogP) is 3.21. The molecule has 3 rings (SSSR count). The fraction of sp³-hybridized carbons (Fsp3) is 0.154. The van der Waals surface area contributed by atoms with Crippen molar-refractivity contribution >= 4 is 22.1 Å². The lowest BCUT2D eigenvalue weighted by Gasteiger charge is -2.04. The van der Waals surface area contributed by atoms with Crippen LogP contribution in [0.3, 0.4) is 0 Å². The quantitative estimate of drug-likeness (QED) is 0.751. The van der Waals surface area contributed by atoms with Gasteiger partial charge in [0.25, 0.3) is 0 Å². The Kier molecular flexibility index (Phi) is 2.37. The van der Waals surface area contributed by atoms with Crippen LogP contribution in [0.1, 0.15) is 11.8 Å². The van der Waals surface area contributed by atoms with E-state index in [9.17, 15) is 0 Å². The molecule has 2 aromatic heterocycles. The van der Waals surface area contributed by atoms with E-state index in [1.807, 2.05) is 22.6 Å². The zero-order chi connectivity index (χ0) is 11.8. The third-order valence-electron chi connectivity index (χ3n) is 2.83. The van der Waals surface area contributed by atoms with Crippen molar-refractivity contribution in [2.45, 2.75) is 13.3 Å². The Balaban J connectivity index is 2.36. The van der Waals surface area contributed by atoms with E-state index in [0.717, 1.165) is 11.4 Å². The van der Waals surface area contributed by atoms with Gasteiger partial charge in [-0.3, -0.25) is 4.40 Å². The molecule has 2 N–H and O–H groups in total. The number of nitrogen functional groups attached to an aromatic ring is 1. The van der Waals surface area contributed by atoms with Gasteiger partial charge in [-0.25, -0.2) is 4.98 Å². The molecule has 0 aliphatic heterocycles. The number of aromatic nitrogens is 2. The number of hydrogen-bond donors (Lipinski definition) is 1. The minimum atomic E-state index is 0.704. The van der Waals surface area contributed by atoms with E-state index in [1.54, 1.807) is 17.5 Å². The second-order valence-corrected chi connectivity index (χ2v) is 4.96. The molecule has 0 saturated heterocycles. The maximum Gasteiger partial charge on any atom is 0.196 e. The van der Waals surface area contributed by atoms with Crippen molar-refractivity contribution < 1.29 is 0 Å². The predicted molar refractivity (Wildman–Crippen MR) is 72.3 cm³/mol. The van der Waals surface area contributed by atoms with Gasteiger partial charge in [-0.05, 0) is 12.0 Å². The van der Waals surface area contributed by atoms with Crippen LogP contribution in [0.2, 0.25) is 0 Å². The number of aryl methyl sites for hydroxylation is 1. The van der Waals surface area contributed by atoms with Gasteiger partial charge in [0.1, 0.15) is 5.82 Å². The van der Waals surface area contributed by atoms with Crippen LogP contribution in [-0.2, 0) is 6.42 Å². The Morgan fingerprint density at radius 3 is 2.76 bits per heavy atom. The minimum absolute atomic E-state index is 0.704. The van der Waals surface area contributed by atoms with E-state index in [-0.39, 0.29) is 0 Å². The first-order chi connectivity index (χ1) is 8.31. The van der Waals surface area contributed by atoms with E-state index >= 15 is 0 Å². The van der Waals surface area contributed by atoms with E-state index in [0.29, 0.717) is 5.82 Å². The zero-order valence-electron chi connectivity index (χ0n) is 9.55. The van der Waals surface area contributed by atoms with Gasteiger partial charge in [0.05, 0.1) is 11.9 Å². The standard InChI is InChI=1S/C13H13N3S/c1-2-10-12(9-6-4-3-5-7-9)16-11(14)8-15-13(16)17-10/h3-8H,2,14H2,1H3. The molecule has 0 aliphatic carbocycles. The summed E-state index contributed by atoms with van der Waals surface area (Å²) in [5, 5.41) is 0. The molecule has 2 heterocycles. The van der Waals surface area contributed by atoms with Crippen molar-refractivity contribution in [2.24, 2.45) is 0 Å². The Bertz CT molecular complexity index is 652. The average molecular weight is 243 g/mol. The summed E-state index contributed by atoms with van der Waals surface area (Å²) in [7, 11) is 0. The zero-order valence-corrected chi connectivity index (χ0v) is 10.4.